The van der Waals surface area contributed by atoms with Gasteiger partial charge in [-0.2, -0.15) is 0 Å². The van der Waals surface area contributed by atoms with Gasteiger partial charge in [0.2, 0.25) is 11.8 Å². The number of benzene rings is 1. The molecular weight excluding hydrogens is 406 g/mol. The van der Waals surface area contributed by atoms with E-state index in [-0.39, 0.29) is 24.8 Å². The molecule has 1 saturated heterocycles. The molecule has 2 rings (SSSR count). The minimum atomic E-state index is -0.901. The molecule has 1 aromatic carbocycles. The zero-order valence-corrected chi connectivity index (χ0v) is 17.6. The minimum Gasteiger partial charge on any atom is -0.481 e. The van der Waals surface area contributed by atoms with Crippen molar-refractivity contribution in [1.29, 1.82) is 0 Å². The Kier molecular flexibility index (Phi) is 10.1. The van der Waals surface area contributed by atoms with Crippen LogP contribution in [0, 0.1) is 0 Å². The molecule has 1 unspecified atom stereocenters. The molecule has 170 valence electrons. The van der Waals surface area contributed by atoms with Crippen molar-refractivity contribution in [2.24, 2.45) is 0 Å². The smallest absolute Gasteiger partial charge is 0.305 e. The highest BCUT2D eigenvalue weighted by Crippen LogP contribution is 2.23. The number of carbonyl (C=O) groups is 4. The van der Waals surface area contributed by atoms with Gasteiger partial charge >= 0.3 is 5.97 Å². The predicted octanol–water partition coefficient (Wildman–Crippen LogP) is 0.656. The number of ether oxygens (including phenoxy) is 2. The van der Waals surface area contributed by atoms with Gasteiger partial charge in [-0.3, -0.25) is 29.4 Å². The van der Waals surface area contributed by atoms with Gasteiger partial charge in [0, 0.05) is 30.8 Å². The lowest BCUT2D eigenvalue weighted by Crippen LogP contribution is -2.51. The second-order valence-electron chi connectivity index (χ2n) is 7.17. The molecule has 0 radical (unpaired) electrons. The van der Waals surface area contributed by atoms with Crippen LogP contribution in [0.3, 0.4) is 0 Å². The number of nitrogens with zero attached hydrogens (tertiary/aromatic N) is 1. The Balaban J connectivity index is 1.84. The van der Waals surface area contributed by atoms with E-state index in [1.54, 1.807) is 19.2 Å². The van der Waals surface area contributed by atoms with E-state index in [0.29, 0.717) is 51.3 Å². The molecule has 1 aliphatic heterocycles. The lowest BCUT2D eigenvalue weighted by molar-refractivity contribution is -0.139. The summed E-state index contributed by atoms with van der Waals surface area (Å²) >= 11 is 0. The second kappa shape index (κ2) is 12.8. The number of carbonyl (C=O) groups excluding carboxylic acids is 3. The highest BCUT2D eigenvalue weighted by molar-refractivity contribution is 6.00. The molecular formula is C21H29N3O7. The van der Waals surface area contributed by atoms with Crippen molar-refractivity contribution in [2.75, 3.05) is 45.3 Å². The number of likely N-dealkylation sites (N-methyl/N-ethyl adjacent to an activating group) is 1. The van der Waals surface area contributed by atoms with E-state index < -0.39 is 12.0 Å². The van der Waals surface area contributed by atoms with Crippen molar-refractivity contribution in [2.45, 2.75) is 31.8 Å². The molecule has 1 aliphatic rings. The third-order valence-electron chi connectivity index (χ3n) is 4.88. The number of nitrogens with one attached hydrogen (secondary N) is 2. The van der Waals surface area contributed by atoms with E-state index in [2.05, 4.69) is 10.6 Å². The fourth-order valence-corrected chi connectivity index (χ4v) is 3.26. The summed E-state index contributed by atoms with van der Waals surface area (Å²) in [6.45, 7) is 2.07. The van der Waals surface area contributed by atoms with E-state index in [9.17, 15) is 19.2 Å². The van der Waals surface area contributed by atoms with Crippen LogP contribution in [0.1, 0.15) is 35.2 Å². The van der Waals surface area contributed by atoms with Crippen LogP contribution < -0.4 is 10.6 Å². The first kappa shape index (κ1) is 24.4. The summed E-state index contributed by atoms with van der Waals surface area (Å²) in [4.78, 5) is 47.3. The van der Waals surface area contributed by atoms with Gasteiger partial charge < -0.3 is 19.9 Å². The van der Waals surface area contributed by atoms with Crippen LogP contribution in [-0.2, 0) is 30.4 Å². The Bertz CT molecular complexity index is 784. The molecule has 0 aliphatic carbocycles. The summed E-state index contributed by atoms with van der Waals surface area (Å²) < 4.78 is 10.6. The first-order chi connectivity index (χ1) is 14.9. The molecule has 1 heterocycles. The van der Waals surface area contributed by atoms with Crippen LogP contribution in [0.25, 0.3) is 0 Å². The number of carboxylic acid groups (broad SMARTS) is 1. The number of aldehydes is 1. The molecule has 0 bridgehead atoms. The quantitative estimate of drug-likeness (QED) is 0.219. The van der Waals surface area contributed by atoms with Crippen LogP contribution in [0.2, 0.25) is 0 Å². The molecule has 31 heavy (non-hydrogen) atoms. The zero-order valence-electron chi connectivity index (χ0n) is 17.6. The third kappa shape index (κ3) is 8.08. The molecule has 10 heteroatoms. The number of aliphatic carboxylic acids is 1. The lowest BCUT2D eigenvalue weighted by Gasteiger charge is -2.30. The molecule has 3 N–H and O–H groups in total. The molecule has 0 saturated carbocycles. The molecule has 1 aromatic rings. The Labute approximate surface area is 180 Å². The fourth-order valence-electron chi connectivity index (χ4n) is 3.26. The minimum absolute atomic E-state index is 0.0370. The van der Waals surface area contributed by atoms with E-state index in [1.165, 1.54) is 0 Å². The maximum atomic E-state index is 12.1. The Hall–Kier alpha value is -2.82. The number of rotatable bonds is 14. The van der Waals surface area contributed by atoms with Gasteiger partial charge in [0.15, 0.2) is 0 Å². The molecule has 1 fully saturated rings. The summed E-state index contributed by atoms with van der Waals surface area (Å²) in [6.07, 6.45) is 1.47. The summed E-state index contributed by atoms with van der Waals surface area (Å²) in [6, 6.07) is 4.92. The van der Waals surface area contributed by atoms with E-state index in [0.717, 1.165) is 17.5 Å². The van der Waals surface area contributed by atoms with E-state index in [4.69, 9.17) is 14.6 Å². The van der Waals surface area contributed by atoms with Crippen molar-refractivity contribution in [3.63, 3.8) is 0 Å². The molecule has 10 nitrogen and oxygen atoms in total. The average molecular weight is 435 g/mol. The van der Waals surface area contributed by atoms with Gasteiger partial charge in [-0.1, -0.05) is 12.1 Å². The number of carboxylic acids is 1. The standard InChI is InChI=1S/C21H29N3O7/c1-24(18-5-6-19(26)23-21(18)29)13-16-15(14-25)3-2-4-17(16)22-8-10-31-12-11-30-9-7-20(27)28/h2-4,14,18,22H,5-13H2,1H3,(H,27,28)(H,23,26,29). The Morgan fingerprint density at radius 2 is 2.00 bits per heavy atom. The summed E-state index contributed by atoms with van der Waals surface area (Å²) in [7, 11) is 1.79. The molecule has 2 amide bonds. The number of amides is 2. The van der Waals surface area contributed by atoms with Crippen molar-refractivity contribution in [1.82, 2.24) is 10.2 Å². The van der Waals surface area contributed by atoms with Crippen LogP contribution in [0.5, 0.6) is 0 Å². The van der Waals surface area contributed by atoms with Gasteiger partial charge in [-0.15, -0.1) is 0 Å². The van der Waals surface area contributed by atoms with Gasteiger partial charge in [-0.05, 0) is 25.1 Å². The second-order valence-corrected chi connectivity index (χ2v) is 7.17. The van der Waals surface area contributed by atoms with Crippen molar-refractivity contribution >= 4 is 29.8 Å². The van der Waals surface area contributed by atoms with Crippen molar-refractivity contribution in [3.05, 3.63) is 29.3 Å². The van der Waals surface area contributed by atoms with Gasteiger partial charge in [-0.25, -0.2) is 0 Å². The highest BCUT2D eigenvalue weighted by Gasteiger charge is 2.30. The van der Waals surface area contributed by atoms with Crippen molar-refractivity contribution < 1.29 is 33.8 Å². The maximum Gasteiger partial charge on any atom is 0.305 e. The monoisotopic (exact) mass is 435 g/mol. The first-order valence-electron chi connectivity index (χ1n) is 10.1. The van der Waals surface area contributed by atoms with Crippen LogP contribution in [-0.4, -0.2) is 80.1 Å². The molecule has 0 aromatic heterocycles. The Morgan fingerprint density at radius 3 is 2.68 bits per heavy atom. The van der Waals surface area contributed by atoms with Gasteiger partial charge in [0.1, 0.15) is 6.29 Å². The number of hydrogen-bond donors (Lipinski definition) is 3. The maximum absolute atomic E-state index is 12.1. The average Bonchev–Trinajstić information content (AvgIpc) is 2.73. The normalized spacial score (nSPS) is 16.3. The number of hydrogen-bond acceptors (Lipinski definition) is 8. The summed E-state index contributed by atoms with van der Waals surface area (Å²) in [5.74, 6) is -1.49. The first-order valence-corrected chi connectivity index (χ1v) is 10.1. The number of piperidine rings is 1. The van der Waals surface area contributed by atoms with Crippen LogP contribution in [0.15, 0.2) is 18.2 Å². The number of anilines is 1. The number of imide groups is 1. The zero-order chi connectivity index (χ0) is 22.6. The Morgan fingerprint density at radius 1 is 1.26 bits per heavy atom. The lowest BCUT2D eigenvalue weighted by atomic mass is 10.0. The topological polar surface area (TPSA) is 134 Å². The van der Waals surface area contributed by atoms with Gasteiger partial charge in [0.05, 0.1) is 38.9 Å². The molecule has 0 spiro atoms. The summed E-state index contributed by atoms with van der Waals surface area (Å²) in [5, 5.41) is 14.1. The van der Waals surface area contributed by atoms with Gasteiger partial charge in [0.25, 0.3) is 0 Å². The predicted molar refractivity (Wildman–Crippen MR) is 112 cm³/mol. The fraction of sp³-hybridized carbons (Fsp3) is 0.524. The third-order valence-corrected chi connectivity index (χ3v) is 4.88. The SMILES string of the molecule is CN(Cc1c(C=O)cccc1NCCOCCOCCC(=O)O)C1CCC(=O)NC1=O. The highest BCUT2D eigenvalue weighted by atomic mass is 16.5. The van der Waals surface area contributed by atoms with Crippen molar-refractivity contribution in [3.8, 4) is 0 Å². The summed E-state index contributed by atoms with van der Waals surface area (Å²) in [5.41, 5.74) is 2.06. The van der Waals surface area contributed by atoms with Crippen LogP contribution in [0.4, 0.5) is 5.69 Å². The van der Waals surface area contributed by atoms with E-state index >= 15 is 0 Å². The molecule has 1 atom stereocenters. The van der Waals surface area contributed by atoms with E-state index in [1.807, 2.05) is 11.0 Å². The largest absolute Gasteiger partial charge is 0.481 e. The van der Waals surface area contributed by atoms with Crippen LogP contribution >= 0.6 is 0 Å².